The highest BCUT2D eigenvalue weighted by molar-refractivity contribution is 6.32. The number of rotatable bonds is 6. The van der Waals surface area contributed by atoms with Crippen LogP contribution in [0.2, 0.25) is 5.02 Å². The van der Waals surface area contributed by atoms with Crippen molar-refractivity contribution in [1.29, 1.82) is 0 Å². The van der Waals surface area contributed by atoms with E-state index in [-0.39, 0.29) is 29.2 Å². The van der Waals surface area contributed by atoms with Gasteiger partial charge in [-0.05, 0) is 42.7 Å². The van der Waals surface area contributed by atoms with E-state index in [1.54, 1.807) is 0 Å². The number of halogens is 1. The van der Waals surface area contributed by atoms with Gasteiger partial charge in [0, 0.05) is 0 Å². The number of nitrogens with zero attached hydrogens (tertiary/aromatic N) is 2. The van der Waals surface area contributed by atoms with E-state index in [0.717, 1.165) is 24.0 Å². The van der Waals surface area contributed by atoms with E-state index in [1.165, 1.54) is 6.20 Å². The van der Waals surface area contributed by atoms with Gasteiger partial charge >= 0.3 is 6.16 Å². The van der Waals surface area contributed by atoms with E-state index < -0.39 is 6.16 Å². The molecule has 1 aliphatic rings. The Morgan fingerprint density at radius 3 is 2.77 bits per heavy atom. The van der Waals surface area contributed by atoms with Crippen LogP contribution in [0.25, 0.3) is 0 Å². The van der Waals surface area contributed by atoms with Crippen LogP contribution < -0.4 is 9.47 Å². The van der Waals surface area contributed by atoms with E-state index in [0.29, 0.717) is 11.7 Å². The van der Waals surface area contributed by atoms with Crippen LogP contribution in [0, 0.1) is 12.8 Å². The van der Waals surface area contributed by atoms with Gasteiger partial charge in [-0.25, -0.2) is 4.79 Å². The third-order valence-corrected chi connectivity index (χ3v) is 4.18. The predicted molar refractivity (Wildman–Crippen MR) is 97.1 cm³/mol. The molecule has 7 heteroatoms. The van der Waals surface area contributed by atoms with Crippen molar-refractivity contribution in [3.05, 3.63) is 40.5 Å². The predicted octanol–water partition coefficient (Wildman–Crippen LogP) is 5.28. The van der Waals surface area contributed by atoms with Gasteiger partial charge in [0.15, 0.2) is 0 Å². The lowest BCUT2D eigenvalue weighted by molar-refractivity contribution is 0.0874. The first kappa shape index (κ1) is 18.5. The third-order valence-electron chi connectivity index (χ3n) is 3.91. The monoisotopic (exact) mass is 376 g/mol. The summed E-state index contributed by atoms with van der Waals surface area (Å²) in [6.45, 7) is 6.06. The Hall–Kier alpha value is -2.34. The molecule has 1 aliphatic carbocycles. The van der Waals surface area contributed by atoms with Gasteiger partial charge in [0.1, 0.15) is 10.8 Å². The van der Waals surface area contributed by atoms with E-state index >= 15 is 0 Å². The topological polar surface area (TPSA) is 70.5 Å². The molecule has 3 rings (SSSR count). The number of para-hydroxylation sites is 1. The molecule has 1 aromatic heterocycles. The molecule has 6 nitrogen and oxygen atoms in total. The largest absolute Gasteiger partial charge is 0.514 e. The van der Waals surface area contributed by atoms with Crippen LogP contribution >= 0.6 is 11.6 Å². The summed E-state index contributed by atoms with van der Waals surface area (Å²) in [6, 6.07) is 5.99. The molecule has 0 spiro atoms. The summed E-state index contributed by atoms with van der Waals surface area (Å²) < 4.78 is 16.3. The smallest absolute Gasteiger partial charge is 0.434 e. The summed E-state index contributed by atoms with van der Waals surface area (Å²) in [5.74, 6) is 1.41. The van der Waals surface area contributed by atoms with Crippen molar-refractivity contribution in [2.45, 2.75) is 39.5 Å². The SMILES string of the molecule is Cc1cccc(C2CC2)c1Oc1nncc(Cl)c1OC(=O)OCC(C)C. The second-order valence-corrected chi connectivity index (χ2v) is 7.16. The molecule has 1 heterocycles. The zero-order valence-corrected chi connectivity index (χ0v) is 15.7. The fraction of sp³-hybridized carbons (Fsp3) is 0.421. The average molecular weight is 377 g/mol. The number of ether oxygens (including phenoxy) is 3. The minimum atomic E-state index is -0.856. The first-order valence-electron chi connectivity index (χ1n) is 8.59. The van der Waals surface area contributed by atoms with Gasteiger partial charge in [0.2, 0.25) is 5.75 Å². The maximum Gasteiger partial charge on any atom is 0.514 e. The number of carbonyl (C=O) groups is 1. The minimum Gasteiger partial charge on any atom is -0.434 e. The Kier molecular flexibility index (Phi) is 5.61. The Morgan fingerprint density at radius 2 is 2.08 bits per heavy atom. The van der Waals surface area contributed by atoms with Crippen LogP contribution in [0.15, 0.2) is 24.4 Å². The maximum atomic E-state index is 11.9. The lowest BCUT2D eigenvalue weighted by atomic mass is 10.1. The van der Waals surface area contributed by atoms with Crippen LogP contribution in [0.4, 0.5) is 4.79 Å². The van der Waals surface area contributed by atoms with E-state index in [2.05, 4.69) is 10.2 Å². The van der Waals surface area contributed by atoms with Crippen molar-refractivity contribution in [2.75, 3.05) is 6.61 Å². The molecule has 1 aromatic carbocycles. The number of benzene rings is 1. The molecular weight excluding hydrogens is 356 g/mol. The van der Waals surface area contributed by atoms with E-state index in [4.69, 9.17) is 25.8 Å². The molecule has 1 fully saturated rings. The van der Waals surface area contributed by atoms with Gasteiger partial charge in [-0.2, -0.15) is 5.10 Å². The van der Waals surface area contributed by atoms with Crippen molar-refractivity contribution in [3.63, 3.8) is 0 Å². The van der Waals surface area contributed by atoms with Crippen molar-refractivity contribution < 1.29 is 19.0 Å². The summed E-state index contributed by atoms with van der Waals surface area (Å²) in [5.41, 5.74) is 2.07. The first-order chi connectivity index (χ1) is 12.5. The average Bonchev–Trinajstić information content (AvgIpc) is 3.42. The van der Waals surface area contributed by atoms with Crippen molar-refractivity contribution in [1.82, 2.24) is 10.2 Å². The normalized spacial score (nSPS) is 13.6. The molecule has 0 amide bonds. The van der Waals surface area contributed by atoms with Gasteiger partial charge in [-0.1, -0.05) is 43.6 Å². The van der Waals surface area contributed by atoms with Crippen LogP contribution in [-0.2, 0) is 4.74 Å². The number of carbonyl (C=O) groups excluding carboxylic acids is 1. The Morgan fingerprint density at radius 1 is 1.31 bits per heavy atom. The van der Waals surface area contributed by atoms with Gasteiger partial charge in [-0.3, -0.25) is 0 Å². The number of aryl methyl sites for hydroxylation is 1. The summed E-state index contributed by atoms with van der Waals surface area (Å²) in [5, 5.41) is 7.88. The molecule has 0 saturated heterocycles. The summed E-state index contributed by atoms with van der Waals surface area (Å²) in [7, 11) is 0. The molecule has 0 unspecified atom stereocenters. The molecule has 0 bridgehead atoms. The first-order valence-corrected chi connectivity index (χ1v) is 8.96. The minimum absolute atomic E-state index is 0.000391. The quantitative estimate of drug-likeness (QED) is 0.639. The molecule has 2 aromatic rings. The summed E-state index contributed by atoms with van der Waals surface area (Å²) >= 11 is 6.14. The lowest BCUT2D eigenvalue weighted by Crippen LogP contribution is -2.15. The fourth-order valence-electron chi connectivity index (χ4n) is 2.47. The number of aromatic nitrogens is 2. The molecule has 0 N–H and O–H groups in total. The van der Waals surface area contributed by atoms with Crippen LogP contribution in [0.5, 0.6) is 17.4 Å². The molecule has 26 heavy (non-hydrogen) atoms. The molecule has 1 saturated carbocycles. The standard InChI is InChI=1S/C19H21ClN2O4/c1-11(2)10-24-19(23)26-17-15(20)9-21-22-18(17)25-16-12(3)5-4-6-14(16)13-7-8-13/h4-6,9,11,13H,7-8,10H2,1-3H3. The van der Waals surface area contributed by atoms with Crippen molar-refractivity contribution in [2.24, 2.45) is 5.92 Å². The zero-order valence-electron chi connectivity index (χ0n) is 15.0. The van der Waals surface area contributed by atoms with Gasteiger partial charge in [0.05, 0.1) is 12.8 Å². The highest BCUT2D eigenvalue weighted by Crippen LogP contribution is 2.47. The molecule has 0 aliphatic heterocycles. The van der Waals surface area contributed by atoms with Gasteiger partial charge in [-0.15, -0.1) is 5.10 Å². The zero-order chi connectivity index (χ0) is 18.7. The second kappa shape index (κ2) is 7.91. The highest BCUT2D eigenvalue weighted by atomic mass is 35.5. The van der Waals surface area contributed by atoms with Crippen LogP contribution in [-0.4, -0.2) is 23.0 Å². The third kappa shape index (κ3) is 4.43. The van der Waals surface area contributed by atoms with Crippen molar-refractivity contribution >= 4 is 17.8 Å². The molecule has 0 atom stereocenters. The summed E-state index contributed by atoms with van der Waals surface area (Å²) in [4.78, 5) is 11.9. The molecular formula is C19H21ClN2O4. The fourth-order valence-corrected chi connectivity index (χ4v) is 2.63. The number of hydrogen-bond acceptors (Lipinski definition) is 6. The summed E-state index contributed by atoms with van der Waals surface area (Å²) in [6.07, 6.45) is 2.70. The van der Waals surface area contributed by atoms with Gasteiger partial charge in [0.25, 0.3) is 5.88 Å². The lowest BCUT2D eigenvalue weighted by Gasteiger charge is -2.15. The Labute approximate surface area is 157 Å². The Bertz CT molecular complexity index is 806. The van der Waals surface area contributed by atoms with E-state index in [9.17, 15) is 4.79 Å². The van der Waals surface area contributed by atoms with Gasteiger partial charge < -0.3 is 14.2 Å². The van der Waals surface area contributed by atoms with Crippen molar-refractivity contribution in [3.8, 4) is 17.4 Å². The van der Waals surface area contributed by atoms with E-state index in [1.807, 2.05) is 39.0 Å². The second-order valence-electron chi connectivity index (χ2n) is 6.75. The van der Waals surface area contributed by atoms with Crippen LogP contribution in [0.3, 0.4) is 0 Å². The van der Waals surface area contributed by atoms with Crippen LogP contribution in [0.1, 0.15) is 43.7 Å². The maximum absolute atomic E-state index is 11.9. The highest BCUT2D eigenvalue weighted by Gasteiger charge is 2.29. The number of hydrogen-bond donors (Lipinski definition) is 0. The Balaban J connectivity index is 1.85. The molecule has 138 valence electrons. The molecule has 0 radical (unpaired) electrons.